The Morgan fingerprint density at radius 2 is 2.31 bits per heavy atom. The number of thioether (sulfide) groups is 1. The van der Waals surface area contributed by atoms with Crippen molar-refractivity contribution in [2.75, 3.05) is 0 Å². The number of nitrogens with zero attached hydrogens (tertiary/aromatic N) is 2. The maximum absolute atomic E-state index is 11.0. The summed E-state index contributed by atoms with van der Waals surface area (Å²) in [5.74, 6) is -0.809. The van der Waals surface area contributed by atoms with Gasteiger partial charge in [-0.1, -0.05) is 13.8 Å². The second kappa shape index (κ2) is 5.52. The van der Waals surface area contributed by atoms with E-state index in [-0.39, 0.29) is 5.92 Å². The monoisotopic (exact) mass is 236 g/mol. The molecule has 84 valence electrons. The van der Waals surface area contributed by atoms with Gasteiger partial charge in [-0.05, 0) is 18.1 Å². The summed E-state index contributed by atoms with van der Waals surface area (Å²) >= 11 is 1.24. The van der Waals surface area contributed by atoms with E-state index in [0.717, 1.165) is 4.90 Å². The van der Waals surface area contributed by atoms with Gasteiger partial charge in [0.15, 0.2) is 0 Å². The zero-order chi connectivity index (χ0) is 12.1. The molecular weight excluding hydrogens is 224 g/mol. The molecule has 0 fully saturated rings. The van der Waals surface area contributed by atoms with Crippen LogP contribution in [0.15, 0.2) is 23.2 Å². The minimum absolute atomic E-state index is 0.0289. The molecule has 0 aliphatic carbocycles. The lowest BCUT2D eigenvalue weighted by atomic mass is 10.1. The van der Waals surface area contributed by atoms with Gasteiger partial charge < -0.3 is 5.11 Å². The molecule has 5 heteroatoms. The number of carboxylic acid groups (broad SMARTS) is 1. The van der Waals surface area contributed by atoms with E-state index in [1.165, 1.54) is 18.0 Å². The van der Waals surface area contributed by atoms with Gasteiger partial charge in [0, 0.05) is 11.1 Å². The molecule has 4 nitrogen and oxygen atoms in total. The normalized spacial score (nSPS) is 12.1. The fraction of sp³-hybridized carbons (Fsp3) is 0.364. The molecule has 1 heterocycles. The van der Waals surface area contributed by atoms with Crippen LogP contribution in [0.3, 0.4) is 0 Å². The highest BCUT2D eigenvalue weighted by atomic mass is 32.2. The first-order valence-corrected chi connectivity index (χ1v) is 5.68. The van der Waals surface area contributed by atoms with Gasteiger partial charge in [-0.3, -0.25) is 4.79 Å². The largest absolute Gasteiger partial charge is 0.480 e. The van der Waals surface area contributed by atoms with Crippen LogP contribution >= 0.6 is 11.8 Å². The summed E-state index contributed by atoms with van der Waals surface area (Å²) in [6.07, 6.45) is 1.51. The molecular formula is C11H12N2O2S. The van der Waals surface area contributed by atoms with Crippen molar-refractivity contribution in [2.24, 2.45) is 5.92 Å². The number of aromatic nitrogens is 1. The third-order valence-electron chi connectivity index (χ3n) is 1.96. The van der Waals surface area contributed by atoms with Crippen molar-refractivity contribution in [2.45, 2.75) is 24.0 Å². The molecule has 0 amide bonds. The summed E-state index contributed by atoms with van der Waals surface area (Å²) in [6.45, 7) is 3.72. The first-order valence-electron chi connectivity index (χ1n) is 4.80. The quantitative estimate of drug-likeness (QED) is 0.811. The van der Waals surface area contributed by atoms with Crippen molar-refractivity contribution in [1.82, 2.24) is 4.98 Å². The number of aliphatic carboxylic acids is 1. The second-order valence-corrected chi connectivity index (χ2v) is 4.82. The first kappa shape index (κ1) is 12.5. The van der Waals surface area contributed by atoms with Crippen LogP contribution in [0, 0.1) is 17.2 Å². The molecule has 16 heavy (non-hydrogen) atoms. The molecule has 0 saturated heterocycles. The standard InChI is InChI=1S/C11H12N2O2S/c1-7(2)10(11(14)15)16-9-3-4-13-8(5-9)6-12/h3-5,7,10H,1-2H3,(H,14,15). The number of hydrogen-bond acceptors (Lipinski definition) is 4. The van der Waals surface area contributed by atoms with E-state index < -0.39 is 11.2 Å². The number of pyridine rings is 1. The molecule has 0 aromatic carbocycles. The fourth-order valence-corrected chi connectivity index (χ4v) is 2.15. The zero-order valence-corrected chi connectivity index (χ0v) is 9.86. The lowest BCUT2D eigenvalue weighted by Gasteiger charge is -2.15. The van der Waals surface area contributed by atoms with Crippen LogP contribution in [-0.4, -0.2) is 21.3 Å². The van der Waals surface area contributed by atoms with Crippen LogP contribution in [-0.2, 0) is 4.79 Å². The number of nitriles is 1. The van der Waals surface area contributed by atoms with E-state index in [1.54, 1.807) is 12.1 Å². The Kier molecular flexibility index (Phi) is 4.32. The van der Waals surface area contributed by atoms with Gasteiger partial charge >= 0.3 is 5.97 Å². The Labute approximate surface area is 98.3 Å². The molecule has 0 bridgehead atoms. The Morgan fingerprint density at radius 3 is 2.81 bits per heavy atom. The van der Waals surface area contributed by atoms with Crippen molar-refractivity contribution in [3.05, 3.63) is 24.0 Å². The van der Waals surface area contributed by atoms with Crippen molar-refractivity contribution in [1.29, 1.82) is 5.26 Å². The molecule has 1 rings (SSSR count). The summed E-state index contributed by atoms with van der Waals surface area (Å²) in [6, 6.07) is 5.24. The maximum atomic E-state index is 11.0. The van der Waals surface area contributed by atoms with E-state index in [4.69, 9.17) is 10.4 Å². The maximum Gasteiger partial charge on any atom is 0.317 e. The van der Waals surface area contributed by atoms with Gasteiger partial charge in [0.25, 0.3) is 0 Å². The van der Waals surface area contributed by atoms with Crippen molar-refractivity contribution in [3.63, 3.8) is 0 Å². The number of carbonyl (C=O) groups is 1. The molecule has 1 atom stereocenters. The van der Waals surface area contributed by atoms with Gasteiger partial charge in [0.05, 0.1) is 0 Å². The summed E-state index contributed by atoms with van der Waals surface area (Å²) < 4.78 is 0. The highest BCUT2D eigenvalue weighted by molar-refractivity contribution is 8.00. The fourth-order valence-electron chi connectivity index (χ4n) is 1.16. The van der Waals surface area contributed by atoms with E-state index in [0.29, 0.717) is 5.69 Å². The highest BCUT2D eigenvalue weighted by Gasteiger charge is 2.22. The molecule has 1 aromatic rings. The average molecular weight is 236 g/mol. The number of carboxylic acids is 1. The minimum Gasteiger partial charge on any atom is -0.480 e. The van der Waals surface area contributed by atoms with Crippen LogP contribution in [0.4, 0.5) is 0 Å². The third-order valence-corrected chi connectivity index (χ3v) is 3.48. The Balaban J connectivity index is 2.86. The predicted octanol–water partition coefficient (Wildman–Crippen LogP) is 2.15. The molecule has 0 spiro atoms. The second-order valence-electron chi connectivity index (χ2n) is 3.61. The Bertz CT molecular complexity index is 426. The van der Waals surface area contributed by atoms with Gasteiger partial charge in [-0.25, -0.2) is 4.98 Å². The lowest BCUT2D eigenvalue weighted by Crippen LogP contribution is -2.22. The summed E-state index contributed by atoms with van der Waals surface area (Å²) in [4.78, 5) is 15.6. The lowest BCUT2D eigenvalue weighted by molar-refractivity contribution is -0.137. The zero-order valence-electron chi connectivity index (χ0n) is 9.04. The summed E-state index contributed by atoms with van der Waals surface area (Å²) in [5, 5.41) is 17.2. The molecule has 1 unspecified atom stereocenters. The Morgan fingerprint density at radius 1 is 1.62 bits per heavy atom. The third kappa shape index (κ3) is 3.24. The molecule has 1 aromatic heterocycles. The van der Waals surface area contributed by atoms with Gasteiger partial charge in [0.2, 0.25) is 0 Å². The molecule has 0 radical (unpaired) electrons. The predicted molar refractivity (Wildman–Crippen MR) is 61.1 cm³/mol. The topological polar surface area (TPSA) is 74.0 Å². The first-order chi connectivity index (χ1) is 7.54. The van der Waals surface area contributed by atoms with Gasteiger partial charge in [-0.2, -0.15) is 5.26 Å². The SMILES string of the molecule is CC(C)C(Sc1ccnc(C#N)c1)C(=O)O. The molecule has 1 N–H and O–H groups in total. The Hall–Kier alpha value is -1.54. The smallest absolute Gasteiger partial charge is 0.317 e. The van der Waals surface area contributed by atoms with E-state index in [2.05, 4.69) is 4.98 Å². The van der Waals surface area contributed by atoms with Crippen LogP contribution in [0.25, 0.3) is 0 Å². The van der Waals surface area contributed by atoms with Crippen molar-refractivity contribution in [3.8, 4) is 6.07 Å². The summed E-state index contributed by atoms with van der Waals surface area (Å²) in [5.41, 5.74) is 0.304. The van der Waals surface area contributed by atoms with Crippen LogP contribution in [0.1, 0.15) is 19.5 Å². The van der Waals surface area contributed by atoms with Gasteiger partial charge in [-0.15, -0.1) is 11.8 Å². The number of rotatable bonds is 4. The van der Waals surface area contributed by atoms with Crippen LogP contribution in [0.5, 0.6) is 0 Å². The van der Waals surface area contributed by atoms with Crippen molar-refractivity contribution >= 4 is 17.7 Å². The van der Waals surface area contributed by atoms with E-state index in [1.807, 2.05) is 19.9 Å². The van der Waals surface area contributed by atoms with E-state index >= 15 is 0 Å². The highest BCUT2D eigenvalue weighted by Crippen LogP contribution is 2.28. The molecule has 0 aliphatic rings. The van der Waals surface area contributed by atoms with Crippen molar-refractivity contribution < 1.29 is 9.90 Å². The molecule has 0 saturated carbocycles. The molecule has 0 aliphatic heterocycles. The average Bonchev–Trinajstić information content (AvgIpc) is 2.25. The summed E-state index contributed by atoms with van der Waals surface area (Å²) in [7, 11) is 0. The van der Waals surface area contributed by atoms with E-state index in [9.17, 15) is 4.79 Å². The van der Waals surface area contributed by atoms with Crippen LogP contribution < -0.4 is 0 Å². The minimum atomic E-state index is -0.838. The van der Waals surface area contributed by atoms with Gasteiger partial charge in [0.1, 0.15) is 17.0 Å². The number of hydrogen-bond donors (Lipinski definition) is 1. The van der Waals surface area contributed by atoms with Crippen LogP contribution in [0.2, 0.25) is 0 Å².